The zero-order chi connectivity index (χ0) is 28.2. The van der Waals surface area contributed by atoms with E-state index in [1.165, 1.54) is 38.2 Å². The fraction of sp³-hybridized carbons (Fsp3) is 0.263. The van der Waals surface area contributed by atoms with E-state index < -0.39 is 8.80 Å². The molecule has 1 unspecified atom stereocenters. The Balaban J connectivity index is 0.00000202. The molecule has 0 aliphatic heterocycles. The molecule has 0 saturated carbocycles. The van der Waals surface area contributed by atoms with E-state index in [9.17, 15) is 0 Å². The molecule has 4 aromatic carbocycles. The van der Waals surface area contributed by atoms with Crippen molar-refractivity contribution in [3.8, 4) is 11.1 Å². The van der Waals surface area contributed by atoms with Gasteiger partial charge in [-0.2, -0.15) is 0 Å². The second kappa shape index (κ2) is 12.6. The first-order valence-corrected chi connectivity index (χ1v) is 18.4. The summed E-state index contributed by atoms with van der Waals surface area (Å²) < 4.78 is 0.492. The SMILES string of the molecule is CC(C)(C)c1cccc2c1[CH]([Hf+2])c1c-2cc(C(C)(C)C)c([SiH](c2ccccc2)c2ccccc2)c1C1=CC=CC1.[Cl-].[Cl-]. The third-order valence-electron chi connectivity index (χ3n) is 8.64. The minimum atomic E-state index is -1.80. The third-order valence-corrected chi connectivity index (χ3v) is 14.0. The molecule has 6 rings (SSSR count). The topological polar surface area (TPSA) is 0 Å². The van der Waals surface area contributed by atoms with Crippen molar-refractivity contribution in [3.63, 3.8) is 0 Å². The number of hydrogen-bond acceptors (Lipinski definition) is 0. The van der Waals surface area contributed by atoms with Crippen LogP contribution in [0, 0.1) is 0 Å². The number of benzene rings is 4. The summed E-state index contributed by atoms with van der Waals surface area (Å²) in [4.78, 5) is 0. The first kappa shape index (κ1) is 32.9. The van der Waals surface area contributed by atoms with Crippen LogP contribution in [0.4, 0.5) is 0 Å². The summed E-state index contributed by atoms with van der Waals surface area (Å²) >= 11 is 1.10. The van der Waals surface area contributed by atoms with Crippen LogP contribution in [0.3, 0.4) is 0 Å². The van der Waals surface area contributed by atoms with Gasteiger partial charge >= 0.3 is 259 Å². The van der Waals surface area contributed by atoms with E-state index in [2.05, 4.69) is 145 Å². The van der Waals surface area contributed by atoms with E-state index in [1.54, 1.807) is 21.9 Å². The first-order chi connectivity index (χ1) is 19.1. The van der Waals surface area contributed by atoms with Crippen LogP contribution in [0.15, 0.2) is 103 Å². The minimum Gasteiger partial charge on any atom is -1.00 e. The molecule has 0 amide bonds. The van der Waals surface area contributed by atoms with Crippen LogP contribution < -0.4 is 40.4 Å². The number of halogens is 2. The van der Waals surface area contributed by atoms with Crippen LogP contribution in [0.5, 0.6) is 0 Å². The van der Waals surface area contributed by atoms with E-state index in [0.29, 0.717) is 3.67 Å². The summed E-state index contributed by atoms with van der Waals surface area (Å²) in [5, 5.41) is 4.65. The number of rotatable bonds is 4. The van der Waals surface area contributed by atoms with Gasteiger partial charge in [0, 0.05) is 0 Å². The third kappa shape index (κ3) is 5.77. The molecule has 2 aliphatic carbocycles. The summed E-state index contributed by atoms with van der Waals surface area (Å²) in [5.41, 5.74) is 12.4. The molecule has 0 N–H and O–H groups in total. The molecule has 42 heavy (non-hydrogen) atoms. The molecular formula is C38H39Cl2HfSi. The van der Waals surface area contributed by atoms with Crippen molar-refractivity contribution in [2.24, 2.45) is 0 Å². The Morgan fingerprint density at radius 1 is 0.667 bits per heavy atom. The average molecular weight is 773 g/mol. The second-order valence-electron chi connectivity index (χ2n) is 13.5. The van der Waals surface area contributed by atoms with Crippen LogP contribution in [0.25, 0.3) is 16.7 Å². The Morgan fingerprint density at radius 2 is 1.24 bits per heavy atom. The quantitative estimate of drug-likeness (QED) is 0.218. The molecule has 213 valence electrons. The molecule has 0 nitrogen and oxygen atoms in total. The van der Waals surface area contributed by atoms with Gasteiger partial charge in [-0.05, 0) is 0 Å². The smallest absolute Gasteiger partial charge is 1.00 e. The number of allylic oxidation sites excluding steroid dienone is 4. The standard InChI is InChI=1S/C38H39Si.2ClH.Hf/c1-37(2,3)33-23-15-22-29-30-25-34(38(4,5)6)36(35(26-16-13-14-17-26)32(30)24-31(29)33)39(27-18-9-7-10-19-27)28-20-11-8-12-21-28;;;/h7-16,18-25,39H,17H2,1-6H3;2*1H;/q;;;+2/p-2. The minimum absolute atomic E-state index is 0. The summed E-state index contributed by atoms with van der Waals surface area (Å²) in [5.74, 6) is 0. The number of hydrogen-bond donors (Lipinski definition) is 0. The van der Waals surface area contributed by atoms with Crippen molar-refractivity contribution in [2.45, 2.75) is 62.5 Å². The molecule has 0 fully saturated rings. The molecule has 4 heteroatoms. The molecule has 0 radical (unpaired) electrons. The largest absolute Gasteiger partial charge is 1.00 e. The number of fused-ring (bicyclic) bond motifs is 3. The predicted molar refractivity (Wildman–Crippen MR) is 172 cm³/mol. The van der Waals surface area contributed by atoms with Crippen molar-refractivity contribution < 1.29 is 49.2 Å². The monoisotopic (exact) mass is 773 g/mol. The summed E-state index contributed by atoms with van der Waals surface area (Å²) in [6.45, 7) is 14.4. The Hall–Kier alpha value is -1.97. The van der Waals surface area contributed by atoms with Crippen molar-refractivity contribution in [1.29, 1.82) is 0 Å². The molecule has 1 atom stereocenters. The normalized spacial score (nSPS) is 15.5. The van der Waals surface area contributed by atoms with Gasteiger partial charge in [0.25, 0.3) is 0 Å². The van der Waals surface area contributed by atoms with E-state index in [0.717, 1.165) is 30.8 Å². The molecule has 2 aliphatic rings. The molecule has 0 saturated heterocycles. The first-order valence-electron chi connectivity index (χ1n) is 14.6. The van der Waals surface area contributed by atoms with Gasteiger partial charge in [0.15, 0.2) is 0 Å². The summed E-state index contributed by atoms with van der Waals surface area (Å²) in [7, 11) is -1.80. The molecule has 4 aromatic rings. The van der Waals surface area contributed by atoms with Crippen LogP contribution in [0.1, 0.15) is 79.5 Å². The van der Waals surface area contributed by atoms with Gasteiger partial charge in [-0.3, -0.25) is 0 Å². The van der Waals surface area contributed by atoms with E-state index in [4.69, 9.17) is 0 Å². The van der Waals surface area contributed by atoms with Gasteiger partial charge < -0.3 is 24.8 Å². The molecule has 0 bridgehead atoms. The van der Waals surface area contributed by atoms with Crippen molar-refractivity contribution >= 4 is 29.9 Å². The van der Waals surface area contributed by atoms with Crippen molar-refractivity contribution in [3.05, 3.63) is 131 Å². The van der Waals surface area contributed by atoms with E-state index in [-0.39, 0.29) is 35.6 Å². The van der Waals surface area contributed by atoms with Gasteiger partial charge in [0.05, 0.1) is 0 Å². The van der Waals surface area contributed by atoms with E-state index >= 15 is 0 Å². The summed E-state index contributed by atoms with van der Waals surface area (Å²) in [6, 6.07) is 32.5. The maximum Gasteiger partial charge on any atom is -1.00 e. The second-order valence-corrected chi connectivity index (χ2v) is 18.3. The fourth-order valence-electron chi connectivity index (χ4n) is 6.86. The fourth-order valence-corrected chi connectivity index (χ4v) is 12.8. The average Bonchev–Trinajstić information content (AvgIpc) is 3.56. The molecule has 0 spiro atoms. The molecular weight excluding hydrogens is 734 g/mol. The maximum absolute atomic E-state index is 2.63. The van der Waals surface area contributed by atoms with Gasteiger partial charge in [-0.15, -0.1) is 0 Å². The van der Waals surface area contributed by atoms with Crippen LogP contribution in [0.2, 0.25) is 0 Å². The molecule has 0 heterocycles. The van der Waals surface area contributed by atoms with Gasteiger partial charge in [0.1, 0.15) is 0 Å². The van der Waals surface area contributed by atoms with Gasteiger partial charge in [0.2, 0.25) is 0 Å². The Kier molecular flexibility index (Phi) is 9.85. The van der Waals surface area contributed by atoms with E-state index in [1.807, 2.05) is 0 Å². The molecule has 0 aromatic heterocycles. The zero-order valence-corrected chi connectivity index (χ0v) is 31.7. The van der Waals surface area contributed by atoms with Crippen LogP contribution in [-0.2, 0) is 35.2 Å². The Morgan fingerprint density at radius 3 is 1.74 bits per heavy atom. The maximum atomic E-state index is 2.63. The van der Waals surface area contributed by atoms with Crippen LogP contribution in [-0.4, -0.2) is 8.80 Å². The summed E-state index contributed by atoms with van der Waals surface area (Å²) in [6.07, 6.45) is 8.06. The van der Waals surface area contributed by atoms with Crippen molar-refractivity contribution in [1.82, 2.24) is 0 Å². The zero-order valence-electron chi connectivity index (χ0n) is 25.4. The Bertz CT molecular complexity index is 1600. The van der Waals surface area contributed by atoms with Gasteiger partial charge in [-0.1, -0.05) is 0 Å². The van der Waals surface area contributed by atoms with Gasteiger partial charge in [-0.25, -0.2) is 0 Å². The predicted octanol–water partition coefficient (Wildman–Crippen LogP) is 1.50. The Labute approximate surface area is 281 Å². The van der Waals surface area contributed by atoms with Crippen LogP contribution >= 0.6 is 0 Å². The van der Waals surface area contributed by atoms with Crippen molar-refractivity contribution in [2.75, 3.05) is 0 Å².